The highest BCUT2D eigenvalue weighted by Gasteiger charge is 2.37. The lowest BCUT2D eigenvalue weighted by Crippen LogP contribution is -3.17. The summed E-state index contributed by atoms with van der Waals surface area (Å²) < 4.78 is 4.95. The molecule has 146 valence electrons. The van der Waals surface area contributed by atoms with Gasteiger partial charge in [-0.2, -0.15) is 0 Å². The zero-order chi connectivity index (χ0) is 20.1. The zero-order valence-corrected chi connectivity index (χ0v) is 16.0. The molecule has 7 nitrogen and oxygen atoms in total. The molecule has 0 aromatic heterocycles. The third-order valence-electron chi connectivity index (χ3n) is 4.98. The second kappa shape index (κ2) is 8.67. The minimum absolute atomic E-state index is 0.144. The van der Waals surface area contributed by atoms with Crippen molar-refractivity contribution in [3.05, 3.63) is 65.2 Å². The van der Waals surface area contributed by atoms with Crippen LogP contribution in [0, 0.1) is 0 Å². The van der Waals surface area contributed by atoms with Crippen LogP contribution in [0.15, 0.2) is 48.5 Å². The van der Waals surface area contributed by atoms with E-state index in [-0.39, 0.29) is 24.3 Å². The van der Waals surface area contributed by atoms with E-state index in [9.17, 15) is 14.4 Å². The maximum atomic E-state index is 12.6. The number of anilines is 1. The molecule has 0 radical (unpaired) electrons. The maximum absolute atomic E-state index is 12.6. The molecule has 2 aromatic rings. The number of benzene rings is 2. The summed E-state index contributed by atoms with van der Waals surface area (Å²) in [5.41, 5.74) is 3.38. The molecule has 0 saturated heterocycles. The summed E-state index contributed by atoms with van der Waals surface area (Å²) in [6, 6.07) is 14.2. The van der Waals surface area contributed by atoms with Crippen LogP contribution < -0.4 is 15.5 Å². The van der Waals surface area contributed by atoms with Crippen LogP contribution in [0.25, 0.3) is 0 Å². The minimum Gasteiger partial charge on any atom is -0.465 e. The summed E-state index contributed by atoms with van der Waals surface area (Å²) in [6.45, 7) is 0.726. The summed E-state index contributed by atoms with van der Waals surface area (Å²) in [4.78, 5) is 37.2. The van der Waals surface area contributed by atoms with E-state index in [4.69, 9.17) is 4.74 Å². The first kappa shape index (κ1) is 19.6. The molecule has 1 heterocycles. The number of nitrogens with one attached hydrogen (secondary N) is 3. The third-order valence-corrected chi connectivity index (χ3v) is 4.98. The topological polar surface area (TPSA) is 88.9 Å². The number of carbonyl (C=O) groups excluding carboxylic acids is 3. The van der Waals surface area contributed by atoms with E-state index in [0.29, 0.717) is 24.2 Å². The number of hydrogen-bond acceptors (Lipinski definition) is 4. The van der Waals surface area contributed by atoms with E-state index in [1.807, 2.05) is 24.3 Å². The second-order valence-electron chi connectivity index (χ2n) is 6.77. The van der Waals surface area contributed by atoms with Crippen molar-refractivity contribution in [1.82, 2.24) is 5.32 Å². The van der Waals surface area contributed by atoms with Gasteiger partial charge >= 0.3 is 5.97 Å². The number of quaternary nitrogens is 1. The Balaban J connectivity index is 1.69. The molecule has 1 aliphatic rings. The fourth-order valence-electron chi connectivity index (χ4n) is 3.50. The molecule has 0 bridgehead atoms. The summed E-state index contributed by atoms with van der Waals surface area (Å²) in [7, 11) is 2.93. The van der Waals surface area contributed by atoms with Gasteiger partial charge in [0.1, 0.15) is 6.54 Å². The Morgan fingerprint density at radius 2 is 1.75 bits per heavy atom. The molecule has 1 aliphatic heterocycles. The molecule has 3 rings (SSSR count). The number of ether oxygens (including phenoxy) is 1. The van der Waals surface area contributed by atoms with Crippen LogP contribution in [0.3, 0.4) is 0 Å². The summed E-state index contributed by atoms with van der Waals surface area (Å²) in [6.07, 6.45) is 0.548. The molecule has 3 N–H and O–H groups in total. The van der Waals surface area contributed by atoms with Gasteiger partial charge in [0.2, 0.25) is 0 Å². The SMILES string of the molecule is CNC(=O)c1ccc(NC(=O)C[NH+]2Cc3ccccc3C[C@@H]2C(=O)OC)cc1. The molecule has 0 saturated carbocycles. The van der Waals surface area contributed by atoms with Gasteiger partial charge in [0.05, 0.1) is 7.11 Å². The van der Waals surface area contributed by atoms with E-state index in [1.54, 1.807) is 31.3 Å². The van der Waals surface area contributed by atoms with Crippen LogP contribution in [-0.2, 0) is 27.3 Å². The van der Waals surface area contributed by atoms with Gasteiger partial charge in [-0.25, -0.2) is 4.79 Å². The van der Waals surface area contributed by atoms with Crippen LogP contribution in [0.2, 0.25) is 0 Å². The molecule has 2 aromatic carbocycles. The molecule has 0 spiro atoms. The minimum atomic E-state index is -0.415. The van der Waals surface area contributed by atoms with Crippen molar-refractivity contribution >= 4 is 23.5 Å². The van der Waals surface area contributed by atoms with Crippen molar-refractivity contribution in [3.8, 4) is 0 Å². The van der Waals surface area contributed by atoms with Gasteiger partial charge in [-0.3, -0.25) is 9.59 Å². The number of esters is 1. The molecule has 7 heteroatoms. The van der Waals surface area contributed by atoms with Gasteiger partial charge in [-0.15, -0.1) is 0 Å². The lowest BCUT2D eigenvalue weighted by Gasteiger charge is -2.31. The van der Waals surface area contributed by atoms with E-state index < -0.39 is 6.04 Å². The van der Waals surface area contributed by atoms with Crippen LogP contribution >= 0.6 is 0 Å². The van der Waals surface area contributed by atoms with Gasteiger partial charge < -0.3 is 20.3 Å². The number of rotatable bonds is 5. The Hall–Kier alpha value is -3.19. The first-order valence-corrected chi connectivity index (χ1v) is 9.13. The number of amides is 2. The Morgan fingerprint density at radius 1 is 1.07 bits per heavy atom. The van der Waals surface area contributed by atoms with Gasteiger partial charge in [0.25, 0.3) is 11.8 Å². The fourth-order valence-corrected chi connectivity index (χ4v) is 3.50. The highest BCUT2D eigenvalue weighted by atomic mass is 16.5. The third kappa shape index (κ3) is 4.37. The quantitative estimate of drug-likeness (QED) is 0.643. The Kier molecular flexibility index (Phi) is 6.06. The average molecular weight is 382 g/mol. The van der Waals surface area contributed by atoms with Crippen LogP contribution in [0.1, 0.15) is 21.5 Å². The zero-order valence-electron chi connectivity index (χ0n) is 16.0. The lowest BCUT2D eigenvalue weighted by molar-refractivity contribution is -0.924. The molecule has 0 aliphatic carbocycles. The average Bonchev–Trinajstić information content (AvgIpc) is 2.72. The largest absolute Gasteiger partial charge is 0.465 e. The molecule has 0 fully saturated rings. The summed E-state index contributed by atoms with van der Waals surface area (Å²) >= 11 is 0. The number of fused-ring (bicyclic) bond motifs is 1. The smallest absolute Gasteiger partial charge is 0.365 e. The predicted octanol–water partition coefficient (Wildman–Crippen LogP) is 0.168. The lowest BCUT2D eigenvalue weighted by atomic mass is 9.94. The maximum Gasteiger partial charge on any atom is 0.365 e. The first-order valence-electron chi connectivity index (χ1n) is 9.13. The first-order chi connectivity index (χ1) is 13.5. The van der Waals surface area contributed by atoms with Crippen LogP contribution in [0.5, 0.6) is 0 Å². The van der Waals surface area contributed by atoms with Gasteiger partial charge in [-0.1, -0.05) is 24.3 Å². The Labute approximate surface area is 163 Å². The normalized spacial score (nSPS) is 17.9. The van der Waals surface area contributed by atoms with Crippen molar-refractivity contribution in [2.45, 2.75) is 19.0 Å². The number of hydrogen-bond donors (Lipinski definition) is 3. The van der Waals surface area contributed by atoms with Crippen molar-refractivity contribution in [2.75, 3.05) is 26.0 Å². The van der Waals surface area contributed by atoms with Crippen LogP contribution in [-0.4, -0.2) is 44.5 Å². The highest BCUT2D eigenvalue weighted by molar-refractivity contribution is 5.95. The molecular weight excluding hydrogens is 358 g/mol. The predicted molar refractivity (Wildman–Crippen MR) is 104 cm³/mol. The summed E-state index contributed by atoms with van der Waals surface area (Å²) in [5.74, 6) is -0.696. The van der Waals surface area contributed by atoms with Gasteiger partial charge in [0.15, 0.2) is 12.6 Å². The van der Waals surface area contributed by atoms with E-state index in [0.717, 1.165) is 16.0 Å². The molecule has 28 heavy (non-hydrogen) atoms. The van der Waals surface area contributed by atoms with Crippen molar-refractivity contribution < 1.29 is 24.0 Å². The van der Waals surface area contributed by atoms with Gasteiger partial charge in [0, 0.05) is 30.3 Å². The van der Waals surface area contributed by atoms with Crippen molar-refractivity contribution in [3.63, 3.8) is 0 Å². The van der Waals surface area contributed by atoms with Gasteiger partial charge in [-0.05, 0) is 29.8 Å². The number of methoxy groups -OCH3 is 1. The second-order valence-corrected chi connectivity index (χ2v) is 6.77. The van der Waals surface area contributed by atoms with Crippen molar-refractivity contribution in [1.29, 1.82) is 0 Å². The van der Waals surface area contributed by atoms with Crippen molar-refractivity contribution in [2.24, 2.45) is 0 Å². The summed E-state index contributed by atoms with van der Waals surface area (Å²) in [5, 5.41) is 5.38. The van der Waals surface area contributed by atoms with E-state index in [1.165, 1.54) is 7.11 Å². The van der Waals surface area contributed by atoms with E-state index in [2.05, 4.69) is 10.6 Å². The molecular formula is C21H24N3O4+. The molecule has 2 atom stereocenters. The standard InChI is InChI=1S/C21H23N3O4/c1-22-20(26)14-7-9-17(10-8-14)23-19(25)13-24-12-16-6-4-3-5-15(16)11-18(24)21(27)28-2/h3-10,18H,11-13H2,1-2H3,(H,22,26)(H,23,25)/p+1/t18-/m1/s1. The molecule has 1 unspecified atom stereocenters. The number of carbonyl (C=O) groups is 3. The van der Waals surface area contributed by atoms with E-state index >= 15 is 0 Å². The van der Waals surface area contributed by atoms with Crippen LogP contribution in [0.4, 0.5) is 5.69 Å². The monoisotopic (exact) mass is 382 g/mol. The highest BCUT2D eigenvalue weighted by Crippen LogP contribution is 2.14. The fraction of sp³-hybridized carbons (Fsp3) is 0.286. The molecule has 2 amide bonds. The Morgan fingerprint density at radius 3 is 2.39 bits per heavy atom. The Bertz CT molecular complexity index is 879.